The van der Waals surface area contributed by atoms with Gasteiger partial charge in [-0.3, -0.25) is 9.35 Å². The Labute approximate surface area is 207 Å². The molecule has 178 valence electrons. The molecule has 2 saturated carbocycles. The average Bonchev–Trinajstić information content (AvgIpc) is 3.78. The fraction of sp³-hybridized carbons (Fsp3) is 0.286. The zero-order valence-electron chi connectivity index (χ0n) is 19.6. The number of para-hydroxylation sites is 1. The Morgan fingerprint density at radius 3 is 2.51 bits per heavy atom. The largest absolute Gasteiger partial charge is 0.325 e. The van der Waals surface area contributed by atoms with Crippen LogP contribution in [0.25, 0.3) is 22.2 Å². The lowest BCUT2D eigenvalue weighted by Crippen LogP contribution is -2.34. The van der Waals surface area contributed by atoms with Crippen molar-refractivity contribution in [2.45, 2.75) is 45.1 Å². The molecule has 0 bridgehead atoms. The van der Waals surface area contributed by atoms with Crippen molar-refractivity contribution in [2.75, 3.05) is 4.31 Å². The number of pyridine rings is 1. The van der Waals surface area contributed by atoms with Crippen LogP contribution in [-0.2, 0) is 22.6 Å². The van der Waals surface area contributed by atoms with Crippen molar-refractivity contribution in [1.82, 2.24) is 9.55 Å². The molecule has 1 atom stereocenters. The third kappa shape index (κ3) is 4.19. The second-order valence-electron chi connectivity index (χ2n) is 9.65. The van der Waals surface area contributed by atoms with Gasteiger partial charge in [-0.25, -0.2) is 13.5 Å². The van der Waals surface area contributed by atoms with Crippen LogP contribution in [0.3, 0.4) is 0 Å². The molecular weight excluding hydrogens is 458 g/mol. The third-order valence-electron chi connectivity index (χ3n) is 7.05. The Morgan fingerprint density at radius 2 is 1.83 bits per heavy atom. The number of carbonyl (C=O) groups excluding carboxylic acids is 1. The van der Waals surface area contributed by atoms with Crippen LogP contribution in [-0.4, -0.2) is 24.2 Å². The van der Waals surface area contributed by atoms with E-state index in [0.717, 1.165) is 46.0 Å². The molecule has 1 unspecified atom stereocenters. The predicted octanol–water partition coefficient (Wildman–Crippen LogP) is 5.82. The topological polar surface area (TPSA) is 75.4 Å². The van der Waals surface area contributed by atoms with Gasteiger partial charge in [0.2, 0.25) is 5.91 Å². The van der Waals surface area contributed by atoms with Gasteiger partial charge >= 0.3 is 0 Å². The first kappa shape index (κ1) is 22.2. The van der Waals surface area contributed by atoms with Crippen LogP contribution < -0.4 is 4.31 Å². The zero-order valence-corrected chi connectivity index (χ0v) is 20.4. The lowest BCUT2D eigenvalue weighted by molar-refractivity contribution is -0.118. The van der Waals surface area contributed by atoms with E-state index in [1.807, 2.05) is 30.5 Å². The number of hydrogen-bond acceptors (Lipinski definition) is 3. The number of anilines is 1. The van der Waals surface area contributed by atoms with Gasteiger partial charge in [-0.2, -0.15) is 0 Å². The first-order valence-electron chi connectivity index (χ1n) is 12.1. The van der Waals surface area contributed by atoms with Crippen LogP contribution >= 0.6 is 0 Å². The molecule has 2 heterocycles. The van der Waals surface area contributed by atoms with Gasteiger partial charge in [-0.15, -0.1) is 0 Å². The quantitative estimate of drug-likeness (QED) is 0.335. The van der Waals surface area contributed by atoms with Gasteiger partial charge in [0.05, 0.1) is 5.69 Å². The summed E-state index contributed by atoms with van der Waals surface area (Å²) in [6.45, 7) is 2.87. The minimum absolute atomic E-state index is 0.157. The molecule has 0 aliphatic heterocycles. The number of aromatic nitrogens is 2. The molecule has 2 aliphatic carbocycles. The predicted molar refractivity (Wildman–Crippen MR) is 138 cm³/mol. The summed E-state index contributed by atoms with van der Waals surface area (Å²) in [5.74, 6) is 0.171. The first-order chi connectivity index (χ1) is 17.0. The summed E-state index contributed by atoms with van der Waals surface area (Å²) in [5, 5.41) is 1.22. The fourth-order valence-electron chi connectivity index (χ4n) is 4.82. The third-order valence-corrected chi connectivity index (χ3v) is 7.74. The number of nitrogens with zero attached hydrogens (tertiary/aromatic N) is 3. The Hall–Kier alpha value is -3.29. The number of hydrogen-bond donors (Lipinski definition) is 1. The summed E-state index contributed by atoms with van der Waals surface area (Å²) < 4.78 is 25.4. The Morgan fingerprint density at radius 1 is 1.09 bits per heavy atom. The lowest BCUT2D eigenvalue weighted by atomic mass is 10.0. The molecule has 4 aromatic rings. The summed E-state index contributed by atoms with van der Waals surface area (Å²) in [5.41, 5.74) is 6.91. The van der Waals surface area contributed by atoms with E-state index in [1.165, 1.54) is 29.5 Å². The average molecular weight is 486 g/mol. The van der Waals surface area contributed by atoms with Gasteiger partial charge in [0, 0.05) is 35.3 Å². The monoisotopic (exact) mass is 485 g/mol. The number of fused-ring (bicyclic) bond motifs is 1. The van der Waals surface area contributed by atoms with Gasteiger partial charge in [0.1, 0.15) is 5.65 Å². The second kappa shape index (κ2) is 8.73. The SMILES string of the molecule is Cc1ccnc2c1cc(C1CC1)n2Cc1ccc(-c2ccccc2N(C(=O)C2CC2)S(=O)O)cc1. The normalized spacial score (nSPS) is 16.4. The molecule has 6 rings (SSSR count). The number of benzene rings is 2. The van der Waals surface area contributed by atoms with E-state index >= 15 is 0 Å². The second-order valence-corrected chi connectivity index (χ2v) is 10.5. The smallest absolute Gasteiger partial charge is 0.268 e. The number of amides is 1. The van der Waals surface area contributed by atoms with Crippen molar-refractivity contribution < 1.29 is 13.6 Å². The van der Waals surface area contributed by atoms with Crippen molar-refractivity contribution in [3.05, 3.63) is 83.7 Å². The van der Waals surface area contributed by atoms with E-state index in [0.29, 0.717) is 11.6 Å². The number of rotatable bonds is 7. The van der Waals surface area contributed by atoms with E-state index in [9.17, 15) is 13.6 Å². The van der Waals surface area contributed by atoms with E-state index in [-0.39, 0.29) is 11.8 Å². The minimum Gasteiger partial charge on any atom is -0.325 e. The molecule has 1 N–H and O–H groups in total. The fourth-order valence-corrected chi connectivity index (χ4v) is 5.45. The molecule has 1 amide bonds. The molecule has 0 saturated heterocycles. The maximum atomic E-state index is 12.7. The highest BCUT2D eigenvalue weighted by Crippen LogP contribution is 2.43. The van der Waals surface area contributed by atoms with E-state index in [4.69, 9.17) is 4.98 Å². The summed E-state index contributed by atoms with van der Waals surface area (Å²) in [4.78, 5) is 17.4. The van der Waals surface area contributed by atoms with Crippen LogP contribution in [0.5, 0.6) is 0 Å². The highest BCUT2D eigenvalue weighted by atomic mass is 32.2. The standard InChI is InChI=1S/C28H27N3O3S/c1-18-14-15-29-27-24(18)16-26(21-10-11-21)30(27)17-19-6-8-20(9-7-19)23-4-2-3-5-25(23)31(35(33)34)28(32)22-12-13-22/h2-9,14-16,21-22H,10-13,17H2,1H3,(H,33,34). The molecule has 6 nitrogen and oxygen atoms in total. The Kier molecular flexibility index (Phi) is 5.54. The van der Waals surface area contributed by atoms with Gasteiger partial charge in [0.25, 0.3) is 11.3 Å². The van der Waals surface area contributed by atoms with E-state index in [2.05, 4.69) is 35.8 Å². The van der Waals surface area contributed by atoms with Crippen molar-refractivity contribution in [3.8, 4) is 11.1 Å². The van der Waals surface area contributed by atoms with Crippen LogP contribution in [0.15, 0.2) is 66.9 Å². The first-order valence-corrected chi connectivity index (χ1v) is 13.2. The van der Waals surface area contributed by atoms with Crippen LogP contribution in [0, 0.1) is 12.8 Å². The highest BCUT2D eigenvalue weighted by Gasteiger charge is 2.37. The van der Waals surface area contributed by atoms with E-state index < -0.39 is 11.3 Å². The molecular formula is C28H27N3O3S. The Bertz CT molecular complexity index is 1450. The van der Waals surface area contributed by atoms with Crippen LogP contribution in [0.1, 0.15) is 48.4 Å². The van der Waals surface area contributed by atoms with Crippen molar-refractivity contribution >= 4 is 33.9 Å². The molecule has 7 heteroatoms. The van der Waals surface area contributed by atoms with Gasteiger partial charge in [-0.05, 0) is 73.4 Å². The molecule has 2 aliphatic rings. The molecule has 2 aromatic carbocycles. The molecule has 0 radical (unpaired) electrons. The molecule has 35 heavy (non-hydrogen) atoms. The maximum absolute atomic E-state index is 12.7. The van der Waals surface area contributed by atoms with Crippen LogP contribution in [0.2, 0.25) is 0 Å². The van der Waals surface area contributed by atoms with E-state index in [1.54, 1.807) is 12.1 Å². The molecule has 0 spiro atoms. The summed E-state index contributed by atoms with van der Waals surface area (Å²) in [7, 11) is 0. The van der Waals surface area contributed by atoms with Crippen molar-refractivity contribution in [1.29, 1.82) is 0 Å². The highest BCUT2D eigenvalue weighted by molar-refractivity contribution is 7.81. The number of carbonyl (C=O) groups is 1. The number of aryl methyl sites for hydroxylation is 1. The summed E-state index contributed by atoms with van der Waals surface area (Å²) in [6.07, 6.45) is 5.88. The lowest BCUT2D eigenvalue weighted by Gasteiger charge is -2.21. The van der Waals surface area contributed by atoms with Gasteiger partial charge < -0.3 is 4.57 Å². The minimum atomic E-state index is -2.42. The summed E-state index contributed by atoms with van der Waals surface area (Å²) >= 11 is -2.42. The van der Waals surface area contributed by atoms with Crippen LogP contribution in [0.4, 0.5) is 5.69 Å². The van der Waals surface area contributed by atoms with Gasteiger partial charge in [-0.1, -0.05) is 42.5 Å². The maximum Gasteiger partial charge on any atom is 0.268 e. The molecule has 2 fully saturated rings. The summed E-state index contributed by atoms with van der Waals surface area (Å²) in [6, 6.07) is 19.9. The Balaban J connectivity index is 1.33. The van der Waals surface area contributed by atoms with Crippen molar-refractivity contribution in [3.63, 3.8) is 0 Å². The van der Waals surface area contributed by atoms with Crippen molar-refractivity contribution in [2.24, 2.45) is 5.92 Å². The molecule has 2 aromatic heterocycles. The zero-order chi connectivity index (χ0) is 24.1. The van der Waals surface area contributed by atoms with Gasteiger partial charge in [0.15, 0.2) is 0 Å².